The standard InChI is InChI=1S/C65H39NO/c1-2-16-40(17-3-1)41-30-32-42(33-31-41)66(43-34-37-59-55(38-43)49-23-12-15-29-58(49)65(59)56-27-13-10-21-47(56)48-22-11-14-28-57(48)65)60-39-61-62(52-26-9-7-24-50(52)60)54-36-35-53-46-20-5-4-18-44(46)45-19-6-8-25-51(45)63(53)64(54)67-61/h1-39H. The number of hydrogen-bond donors (Lipinski definition) is 0. The highest BCUT2D eigenvalue weighted by Gasteiger charge is 2.51. The van der Waals surface area contributed by atoms with Crippen LogP contribution in [0.2, 0.25) is 0 Å². The summed E-state index contributed by atoms with van der Waals surface area (Å²) in [7, 11) is 0. The normalized spacial score (nSPS) is 13.2. The summed E-state index contributed by atoms with van der Waals surface area (Å²) >= 11 is 0. The topological polar surface area (TPSA) is 16.4 Å². The predicted octanol–water partition coefficient (Wildman–Crippen LogP) is 17.7. The van der Waals surface area contributed by atoms with Gasteiger partial charge in [-0.25, -0.2) is 0 Å². The minimum Gasteiger partial charge on any atom is -0.455 e. The summed E-state index contributed by atoms with van der Waals surface area (Å²) in [4.78, 5) is 2.45. The molecule has 2 aliphatic carbocycles. The van der Waals surface area contributed by atoms with Crippen LogP contribution in [0.5, 0.6) is 0 Å². The van der Waals surface area contributed by atoms with Gasteiger partial charge in [0.25, 0.3) is 0 Å². The van der Waals surface area contributed by atoms with Gasteiger partial charge in [0, 0.05) is 39.0 Å². The Morgan fingerprint density at radius 3 is 1.39 bits per heavy atom. The van der Waals surface area contributed by atoms with Crippen molar-refractivity contribution in [2.24, 2.45) is 0 Å². The molecule has 15 rings (SSSR count). The molecule has 0 bridgehead atoms. The van der Waals surface area contributed by atoms with Gasteiger partial charge in [-0.1, -0.05) is 200 Å². The van der Waals surface area contributed by atoms with Crippen molar-refractivity contribution in [3.8, 4) is 33.4 Å². The Kier molecular flexibility index (Phi) is 7.46. The van der Waals surface area contributed by atoms with Gasteiger partial charge in [-0.05, 0) is 118 Å². The van der Waals surface area contributed by atoms with Gasteiger partial charge in [0.15, 0.2) is 0 Å². The van der Waals surface area contributed by atoms with Crippen LogP contribution in [0.4, 0.5) is 17.1 Å². The van der Waals surface area contributed by atoms with Gasteiger partial charge in [0.2, 0.25) is 0 Å². The monoisotopic (exact) mass is 849 g/mol. The first kappa shape index (κ1) is 36.6. The lowest BCUT2D eigenvalue weighted by atomic mass is 9.70. The van der Waals surface area contributed by atoms with Crippen LogP contribution in [-0.4, -0.2) is 0 Å². The van der Waals surface area contributed by atoms with Gasteiger partial charge < -0.3 is 9.32 Å². The molecule has 2 aliphatic rings. The van der Waals surface area contributed by atoms with Gasteiger partial charge in [-0.2, -0.15) is 0 Å². The fraction of sp³-hybridized carbons (Fsp3) is 0.0154. The maximum atomic E-state index is 7.29. The minimum atomic E-state index is -0.419. The van der Waals surface area contributed by atoms with Gasteiger partial charge in [-0.3, -0.25) is 0 Å². The molecule has 12 aromatic carbocycles. The first-order valence-electron chi connectivity index (χ1n) is 23.3. The van der Waals surface area contributed by atoms with Gasteiger partial charge in [-0.15, -0.1) is 0 Å². The van der Waals surface area contributed by atoms with E-state index in [1.165, 1.54) is 82.6 Å². The van der Waals surface area contributed by atoms with E-state index in [4.69, 9.17) is 4.42 Å². The minimum absolute atomic E-state index is 0.419. The highest BCUT2D eigenvalue weighted by atomic mass is 16.3. The molecule has 0 saturated heterocycles. The fourth-order valence-corrected chi connectivity index (χ4v) is 12.3. The maximum Gasteiger partial charge on any atom is 0.143 e. The van der Waals surface area contributed by atoms with Crippen LogP contribution >= 0.6 is 0 Å². The number of anilines is 3. The average molecular weight is 850 g/mol. The van der Waals surface area contributed by atoms with Gasteiger partial charge >= 0.3 is 0 Å². The van der Waals surface area contributed by atoms with Crippen LogP contribution in [0, 0.1) is 0 Å². The molecule has 0 atom stereocenters. The summed E-state index contributed by atoms with van der Waals surface area (Å²) in [5.74, 6) is 0. The van der Waals surface area contributed by atoms with Crippen LogP contribution in [-0.2, 0) is 5.41 Å². The van der Waals surface area contributed by atoms with Crippen molar-refractivity contribution in [3.05, 3.63) is 259 Å². The fourth-order valence-electron chi connectivity index (χ4n) is 12.3. The van der Waals surface area contributed by atoms with E-state index in [2.05, 4.69) is 241 Å². The third-order valence-corrected chi connectivity index (χ3v) is 15.0. The molecule has 0 amide bonds. The Morgan fingerprint density at radius 1 is 0.299 bits per heavy atom. The van der Waals surface area contributed by atoms with Crippen molar-refractivity contribution in [3.63, 3.8) is 0 Å². The second-order valence-corrected chi connectivity index (χ2v) is 18.2. The lowest BCUT2D eigenvalue weighted by Crippen LogP contribution is -2.25. The molecular weight excluding hydrogens is 811 g/mol. The Labute approximate surface area is 387 Å². The molecule has 0 fully saturated rings. The highest BCUT2D eigenvalue weighted by molar-refractivity contribution is 6.34. The van der Waals surface area contributed by atoms with Crippen molar-refractivity contribution in [2.45, 2.75) is 5.41 Å². The van der Waals surface area contributed by atoms with Crippen LogP contribution in [0.1, 0.15) is 22.3 Å². The van der Waals surface area contributed by atoms with Crippen LogP contribution in [0.25, 0.3) is 98.4 Å². The summed E-state index contributed by atoms with van der Waals surface area (Å²) in [6, 6.07) is 87.4. The molecule has 2 heteroatoms. The third-order valence-electron chi connectivity index (χ3n) is 15.0. The largest absolute Gasteiger partial charge is 0.455 e. The highest BCUT2D eigenvalue weighted by Crippen LogP contribution is 2.63. The van der Waals surface area contributed by atoms with Crippen molar-refractivity contribution in [2.75, 3.05) is 4.90 Å². The van der Waals surface area contributed by atoms with Crippen molar-refractivity contribution >= 4 is 82.1 Å². The first-order valence-corrected chi connectivity index (χ1v) is 23.3. The molecule has 0 N–H and O–H groups in total. The number of hydrogen-bond acceptors (Lipinski definition) is 2. The molecule has 0 aliphatic heterocycles. The van der Waals surface area contributed by atoms with Gasteiger partial charge in [0.1, 0.15) is 11.2 Å². The zero-order chi connectivity index (χ0) is 43.8. The Hall–Kier alpha value is -8.72. The number of nitrogens with zero attached hydrogens (tertiary/aromatic N) is 1. The second-order valence-electron chi connectivity index (χ2n) is 18.2. The van der Waals surface area contributed by atoms with E-state index in [0.717, 1.165) is 55.2 Å². The molecule has 1 aromatic heterocycles. The molecule has 0 saturated carbocycles. The molecular formula is C65H39NO. The molecule has 310 valence electrons. The zero-order valence-electron chi connectivity index (χ0n) is 36.4. The lowest BCUT2D eigenvalue weighted by Gasteiger charge is -2.31. The van der Waals surface area contributed by atoms with Gasteiger partial charge in [0.05, 0.1) is 11.1 Å². The molecule has 0 radical (unpaired) electrons. The van der Waals surface area contributed by atoms with E-state index in [-0.39, 0.29) is 0 Å². The quantitative estimate of drug-likeness (QED) is 0.164. The van der Waals surface area contributed by atoms with Crippen LogP contribution in [0.15, 0.2) is 241 Å². The van der Waals surface area contributed by atoms with Crippen LogP contribution < -0.4 is 4.90 Å². The second kappa shape index (κ2) is 13.7. The summed E-state index contributed by atoms with van der Waals surface area (Å²) in [5.41, 5.74) is 17.4. The third kappa shape index (κ3) is 4.89. The van der Waals surface area contributed by atoms with Crippen LogP contribution in [0.3, 0.4) is 0 Å². The molecule has 13 aromatic rings. The predicted molar refractivity (Wildman–Crippen MR) is 280 cm³/mol. The summed E-state index contributed by atoms with van der Waals surface area (Å²) in [5, 5.41) is 11.9. The average Bonchev–Trinajstić information content (AvgIpc) is 4.03. The maximum absolute atomic E-state index is 7.29. The van der Waals surface area contributed by atoms with Crippen molar-refractivity contribution < 1.29 is 4.42 Å². The Bertz CT molecular complexity index is 4140. The Balaban J connectivity index is 1.01. The summed E-state index contributed by atoms with van der Waals surface area (Å²) < 4.78 is 7.29. The van der Waals surface area contributed by atoms with E-state index in [1.54, 1.807) is 0 Å². The number of furan rings is 1. The Morgan fingerprint density at radius 2 is 0.746 bits per heavy atom. The molecule has 1 spiro atoms. The number of benzene rings is 12. The smallest absolute Gasteiger partial charge is 0.143 e. The number of fused-ring (bicyclic) bond motifs is 22. The van der Waals surface area contributed by atoms with Crippen molar-refractivity contribution in [1.29, 1.82) is 0 Å². The van der Waals surface area contributed by atoms with E-state index < -0.39 is 5.41 Å². The van der Waals surface area contributed by atoms with E-state index in [1.807, 2.05) is 0 Å². The zero-order valence-corrected chi connectivity index (χ0v) is 36.4. The first-order chi connectivity index (χ1) is 33.3. The molecule has 1 heterocycles. The number of rotatable bonds is 4. The lowest BCUT2D eigenvalue weighted by molar-refractivity contribution is 0.673. The van der Waals surface area contributed by atoms with E-state index in [9.17, 15) is 0 Å². The van der Waals surface area contributed by atoms with E-state index >= 15 is 0 Å². The molecule has 2 nitrogen and oxygen atoms in total. The molecule has 67 heavy (non-hydrogen) atoms. The summed E-state index contributed by atoms with van der Waals surface area (Å²) in [6.07, 6.45) is 0. The summed E-state index contributed by atoms with van der Waals surface area (Å²) in [6.45, 7) is 0. The molecule has 0 unspecified atom stereocenters. The SMILES string of the molecule is c1ccc(-c2ccc(N(c3ccc4c(c3)-c3ccccc3C43c4ccccc4-c4ccccc43)c3cc4oc5c(ccc6c7ccccc7c7ccccc7c65)c4c4ccccc34)cc2)cc1. The van der Waals surface area contributed by atoms with E-state index in [0.29, 0.717) is 0 Å². The van der Waals surface area contributed by atoms with Crippen molar-refractivity contribution in [1.82, 2.24) is 0 Å².